The molecule has 0 spiro atoms. The topological polar surface area (TPSA) is 71.1 Å². The number of anilines is 1. The minimum absolute atomic E-state index is 0.112. The summed E-state index contributed by atoms with van der Waals surface area (Å²) in [5, 5.41) is 5.76. The van der Waals surface area contributed by atoms with Crippen LogP contribution in [0.4, 0.5) is 5.69 Å². The molecule has 0 aliphatic heterocycles. The molecule has 0 radical (unpaired) electrons. The fourth-order valence-corrected chi connectivity index (χ4v) is 2.71. The average molecular weight is 353 g/mol. The third-order valence-corrected chi connectivity index (χ3v) is 4.04. The van der Waals surface area contributed by atoms with Crippen molar-refractivity contribution in [2.45, 2.75) is 52.5 Å². The number of rotatable bonds is 5. The molecule has 0 aliphatic rings. The molecule has 138 valence electrons. The number of carbonyl (C=O) groups excluding carboxylic acids is 2. The molecule has 1 aromatic heterocycles. The number of benzene rings is 1. The Bertz CT molecular complexity index is 794. The van der Waals surface area contributed by atoms with Gasteiger partial charge in [0.15, 0.2) is 0 Å². The molecule has 2 amide bonds. The summed E-state index contributed by atoms with van der Waals surface area (Å²) >= 11 is 0. The third kappa shape index (κ3) is 5.15. The fourth-order valence-electron chi connectivity index (χ4n) is 2.71. The molecule has 2 aromatic rings. The van der Waals surface area contributed by atoms with Crippen LogP contribution in [0.5, 0.6) is 0 Å². The Labute approximate surface area is 155 Å². The van der Waals surface area contributed by atoms with Crippen LogP contribution in [0.15, 0.2) is 42.6 Å². The van der Waals surface area contributed by atoms with Crippen LogP contribution >= 0.6 is 0 Å². The van der Waals surface area contributed by atoms with Gasteiger partial charge < -0.3 is 10.6 Å². The first-order valence-corrected chi connectivity index (χ1v) is 8.88. The highest BCUT2D eigenvalue weighted by Crippen LogP contribution is 2.22. The highest BCUT2D eigenvalue weighted by molar-refractivity contribution is 5.98. The summed E-state index contributed by atoms with van der Waals surface area (Å²) in [7, 11) is 0. The summed E-state index contributed by atoms with van der Waals surface area (Å²) in [5.41, 5.74) is 2.67. The van der Waals surface area contributed by atoms with Gasteiger partial charge in [0.2, 0.25) is 5.91 Å². The average Bonchev–Trinajstić information content (AvgIpc) is 2.59. The molecule has 26 heavy (non-hydrogen) atoms. The number of hydrogen-bond donors (Lipinski definition) is 2. The van der Waals surface area contributed by atoms with Crippen LogP contribution in [-0.2, 0) is 11.2 Å². The molecule has 1 heterocycles. The van der Waals surface area contributed by atoms with Crippen LogP contribution in [0, 0.1) is 0 Å². The Kier molecular flexibility index (Phi) is 6.14. The summed E-state index contributed by atoms with van der Waals surface area (Å²) in [4.78, 5) is 29.0. The summed E-state index contributed by atoms with van der Waals surface area (Å²) in [6.45, 7) is 9.68. The lowest BCUT2D eigenvalue weighted by Crippen LogP contribution is -2.40. The van der Waals surface area contributed by atoms with Crippen molar-refractivity contribution in [1.29, 1.82) is 0 Å². The van der Waals surface area contributed by atoms with Gasteiger partial charge in [-0.05, 0) is 57.4 Å². The van der Waals surface area contributed by atoms with E-state index in [0.29, 0.717) is 5.69 Å². The van der Waals surface area contributed by atoms with Gasteiger partial charge in [0, 0.05) is 17.4 Å². The van der Waals surface area contributed by atoms with Crippen molar-refractivity contribution in [3.8, 4) is 0 Å². The van der Waals surface area contributed by atoms with Crippen LogP contribution < -0.4 is 10.6 Å². The Balaban J connectivity index is 2.14. The quantitative estimate of drug-likeness (QED) is 0.856. The van der Waals surface area contributed by atoms with Gasteiger partial charge in [-0.2, -0.15) is 0 Å². The van der Waals surface area contributed by atoms with E-state index in [1.54, 1.807) is 12.1 Å². The first kappa shape index (κ1) is 19.6. The summed E-state index contributed by atoms with van der Waals surface area (Å²) in [6.07, 6.45) is 2.40. The van der Waals surface area contributed by atoms with Crippen molar-refractivity contribution in [1.82, 2.24) is 10.3 Å². The van der Waals surface area contributed by atoms with E-state index in [-0.39, 0.29) is 29.0 Å². The van der Waals surface area contributed by atoms with Crippen LogP contribution in [0.3, 0.4) is 0 Å². The van der Waals surface area contributed by atoms with Gasteiger partial charge in [-0.3, -0.25) is 14.6 Å². The highest BCUT2D eigenvalue weighted by atomic mass is 16.2. The van der Waals surface area contributed by atoms with E-state index in [2.05, 4.69) is 22.5 Å². The zero-order valence-corrected chi connectivity index (χ0v) is 16.1. The predicted octanol–water partition coefficient (Wildman–Crippen LogP) is 3.91. The molecular weight excluding hydrogens is 326 g/mol. The minimum Gasteiger partial charge on any atom is -0.346 e. The van der Waals surface area contributed by atoms with E-state index in [9.17, 15) is 9.59 Å². The van der Waals surface area contributed by atoms with E-state index in [1.807, 2.05) is 52.0 Å². The first-order chi connectivity index (χ1) is 12.2. The van der Waals surface area contributed by atoms with E-state index >= 15 is 0 Å². The number of amides is 2. The SMILES string of the molecule is CCc1ccccc1[C@@H](C)C(=O)Nc1ccnc(C(=O)NC(C)(C)C)c1. The molecule has 0 bridgehead atoms. The second kappa shape index (κ2) is 8.13. The molecule has 0 unspecified atom stereocenters. The maximum atomic E-state index is 12.7. The monoisotopic (exact) mass is 353 g/mol. The van der Waals surface area contributed by atoms with E-state index < -0.39 is 0 Å². The van der Waals surface area contributed by atoms with E-state index in [4.69, 9.17) is 0 Å². The molecule has 0 saturated carbocycles. The number of nitrogens with zero attached hydrogens (tertiary/aromatic N) is 1. The summed E-state index contributed by atoms with van der Waals surface area (Å²) in [6, 6.07) is 11.2. The molecule has 1 atom stereocenters. The molecule has 5 heteroatoms. The van der Waals surface area contributed by atoms with Crippen molar-refractivity contribution >= 4 is 17.5 Å². The van der Waals surface area contributed by atoms with Gasteiger partial charge in [-0.1, -0.05) is 31.2 Å². The van der Waals surface area contributed by atoms with Crippen molar-refractivity contribution in [2.24, 2.45) is 0 Å². The number of pyridine rings is 1. The minimum atomic E-state index is -0.351. The Morgan fingerprint density at radius 3 is 2.50 bits per heavy atom. The zero-order chi connectivity index (χ0) is 19.3. The molecule has 5 nitrogen and oxygen atoms in total. The molecule has 2 rings (SSSR count). The number of carbonyl (C=O) groups is 2. The number of nitrogens with one attached hydrogen (secondary N) is 2. The van der Waals surface area contributed by atoms with Gasteiger partial charge >= 0.3 is 0 Å². The normalized spacial score (nSPS) is 12.3. The molecule has 2 N–H and O–H groups in total. The smallest absolute Gasteiger partial charge is 0.270 e. The summed E-state index contributed by atoms with van der Waals surface area (Å²) in [5.74, 6) is -0.663. The highest BCUT2D eigenvalue weighted by Gasteiger charge is 2.19. The zero-order valence-electron chi connectivity index (χ0n) is 16.1. The lowest BCUT2D eigenvalue weighted by atomic mass is 9.93. The number of hydrogen-bond acceptors (Lipinski definition) is 3. The molecule has 1 aromatic carbocycles. The van der Waals surface area contributed by atoms with Crippen molar-refractivity contribution < 1.29 is 9.59 Å². The second-order valence-corrected chi connectivity index (χ2v) is 7.40. The predicted molar refractivity (Wildman–Crippen MR) is 104 cm³/mol. The van der Waals surface area contributed by atoms with E-state index in [0.717, 1.165) is 17.5 Å². The third-order valence-electron chi connectivity index (χ3n) is 4.04. The summed E-state index contributed by atoms with van der Waals surface area (Å²) < 4.78 is 0. The first-order valence-electron chi connectivity index (χ1n) is 8.88. The molecular formula is C21H27N3O2. The van der Waals surface area contributed by atoms with E-state index in [1.165, 1.54) is 6.20 Å². The molecule has 0 saturated heterocycles. The van der Waals surface area contributed by atoms with Crippen LogP contribution in [0.25, 0.3) is 0 Å². The molecule has 0 fully saturated rings. The van der Waals surface area contributed by atoms with Crippen molar-refractivity contribution in [3.05, 3.63) is 59.4 Å². The fraction of sp³-hybridized carbons (Fsp3) is 0.381. The maximum absolute atomic E-state index is 12.7. The van der Waals surface area contributed by atoms with Gasteiger partial charge in [0.1, 0.15) is 5.69 Å². The van der Waals surface area contributed by atoms with Crippen LogP contribution in [0.2, 0.25) is 0 Å². The van der Waals surface area contributed by atoms with Crippen molar-refractivity contribution in [3.63, 3.8) is 0 Å². The Morgan fingerprint density at radius 1 is 1.15 bits per heavy atom. The van der Waals surface area contributed by atoms with Gasteiger partial charge in [-0.25, -0.2) is 0 Å². The largest absolute Gasteiger partial charge is 0.346 e. The van der Waals surface area contributed by atoms with Crippen LogP contribution in [0.1, 0.15) is 62.2 Å². The molecule has 0 aliphatic carbocycles. The maximum Gasteiger partial charge on any atom is 0.270 e. The lowest BCUT2D eigenvalue weighted by Gasteiger charge is -2.20. The van der Waals surface area contributed by atoms with Gasteiger partial charge in [-0.15, -0.1) is 0 Å². The Hall–Kier alpha value is -2.69. The number of aryl methyl sites for hydroxylation is 1. The standard InChI is InChI=1S/C21H27N3O2/c1-6-15-9-7-8-10-17(15)14(2)19(25)23-16-11-12-22-18(13-16)20(26)24-21(3,4)5/h7-14H,6H2,1-5H3,(H,24,26)(H,22,23,25)/t14-/m1/s1. The Morgan fingerprint density at radius 2 is 1.85 bits per heavy atom. The second-order valence-electron chi connectivity index (χ2n) is 7.40. The lowest BCUT2D eigenvalue weighted by molar-refractivity contribution is -0.117. The number of aromatic nitrogens is 1. The van der Waals surface area contributed by atoms with Crippen molar-refractivity contribution in [2.75, 3.05) is 5.32 Å². The van der Waals surface area contributed by atoms with Gasteiger partial charge in [0.25, 0.3) is 5.91 Å². The van der Waals surface area contributed by atoms with Gasteiger partial charge in [0.05, 0.1) is 5.92 Å². The van der Waals surface area contributed by atoms with Crippen LogP contribution in [-0.4, -0.2) is 22.3 Å².